The molecule has 1 aliphatic heterocycles. The molecule has 0 saturated carbocycles. The van der Waals surface area contributed by atoms with Crippen LogP contribution in [0.25, 0.3) is 105 Å². The van der Waals surface area contributed by atoms with E-state index in [-0.39, 0.29) is 0 Å². The minimum Gasteiger partial charge on any atom is -0.454 e. The normalized spacial score (nSPS) is 15.6. The van der Waals surface area contributed by atoms with Crippen LogP contribution in [0.3, 0.4) is 0 Å². The van der Waals surface area contributed by atoms with Crippen LogP contribution in [0.4, 0.5) is 0 Å². The van der Waals surface area contributed by atoms with Crippen molar-refractivity contribution in [3.8, 4) is 22.5 Å². The van der Waals surface area contributed by atoms with E-state index in [4.69, 9.17) is 14.4 Å². The Labute approximate surface area is 397 Å². The van der Waals surface area contributed by atoms with Crippen LogP contribution in [0.5, 0.6) is 0 Å². The molecule has 0 unspecified atom stereocenters. The van der Waals surface area contributed by atoms with Gasteiger partial charge in [0.15, 0.2) is 11.4 Å². The Bertz CT molecular complexity index is 4280. The van der Waals surface area contributed by atoms with Crippen LogP contribution >= 0.6 is 0 Å². The van der Waals surface area contributed by atoms with Crippen LogP contribution in [-0.2, 0) is 0 Å². The first-order valence-electron chi connectivity index (χ1n) is 23.7. The van der Waals surface area contributed by atoms with Crippen LogP contribution < -0.4 is 0 Å². The van der Waals surface area contributed by atoms with Gasteiger partial charge in [0, 0.05) is 49.1 Å². The van der Waals surface area contributed by atoms with Gasteiger partial charge in [0.2, 0.25) is 0 Å². The highest BCUT2D eigenvalue weighted by molar-refractivity contribution is 6.20. The van der Waals surface area contributed by atoms with E-state index in [1.807, 2.05) is 6.07 Å². The van der Waals surface area contributed by atoms with E-state index >= 15 is 0 Å². The molecular weight excluding hydrogens is 841 g/mol. The molecule has 0 bridgehead atoms. The maximum Gasteiger partial charge on any atom is 0.160 e. The van der Waals surface area contributed by atoms with E-state index in [1.54, 1.807) is 0 Å². The second kappa shape index (κ2) is 15.8. The van der Waals surface area contributed by atoms with Crippen LogP contribution in [0.15, 0.2) is 245 Å². The molecule has 0 radical (unpaired) electrons. The van der Waals surface area contributed by atoms with Crippen molar-refractivity contribution in [1.29, 1.82) is 0 Å². The van der Waals surface area contributed by atoms with Crippen molar-refractivity contribution in [3.63, 3.8) is 0 Å². The number of benzene rings is 10. The lowest BCUT2D eigenvalue weighted by Gasteiger charge is -2.16. The van der Waals surface area contributed by atoms with E-state index < -0.39 is 0 Å². The molecule has 4 heterocycles. The zero-order valence-electron chi connectivity index (χ0n) is 37.6. The molecular formula is C64H42N4O. The van der Waals surface area contributed by atoms with Crippen LogP contribution in [0.2, 0.25) is 0 Å². The Morgan fingerprint density at radius 2 is 1.00 bits per heavy atom. The fourth-order valence-corrected chi connectivity index (χ4v) is 10.8. The lowest BCUT2D eigenvalue weighted by Crippen LogP contribution is -2.09. The number of hydrogen-bond donors (Lipinski definition) is 0. The zero-order chi connectivity index (χ0) is 45.4. The minimum atomic E-state index is 0.668. The third-order valence-electron chi connectivity index (χ3n) is 14.0. The highest BCUT2D eigenvalue weighted by Gasteiger charge is 2.23. The van der Waals surface area contributed by atoms with Crippen molar-refractivity contribution < 1.29 is 4.42 Å². The summed E-state index contributed by atoms with van der Waals surface area (Å²) < 4.78 is 11.7. The maximum atomic E-state index is 6.99. The van der Waals surface area contributed by atoms with E-state index in [9.17, 15) is 0 Å². The molecule has 10 aromatic carbocycles. The molecule has 14 rings (SSSR count). The van der Waals surface area contributed by atoms with Gasteiger partial charge in [-0.25, -0.2) is 9.98 Å². The van der Waals surface area contributed by atoms with Gasteiger partial charge in [-0.15, -0.1) is 0 Å². The third kappa shape index (κ3) is 6.39. The van der Waals surface area contributed by atoms with Gasteiger partial charge in [-0.3, -0.25) is 0 Å². The number of furan rings is 1. The summed E-state index contributed by atoms with van der Waals surface area (Å²) in [6, 6.07) is 80.1. The number of aromatic nitrogens is 2. The summed E-state index contributed by atoms with van der Waals surface area (Å²) in [5, 5.41) is 9.33. The summed E-state index contributed by atoms with van der Waals surface area (Å²) in [6.07, 6.45) is 3.78. The van der Waals surface area contributed by atoms with Gasteiger partial charge >= 0.3 is 0 Å². The number of nitrogens with zero attached hydrogens (tertiary/aromatic N) is 4. The molecule has 69 heavy (non-hydrogen) atoms. The van der Waals surface area contributed by atoms with Gasteiger partial charge in [-0.2, -0.15) is 0 Å². The van der Waals surface area contributed by atoms with Gasteiger partial charge in [0.1, 0.15) is 5.58 Å². The van der Waals surface area contributed by atoms with Gasteiger partial charge in [0.05, 0.1) is 39.2 Å². The summed E-state index contributed by atoms with van der Waals surface area (Å²) in [5.41, 5.74) is 15.6. The number of fused-ring (bicyclic) bond motifs is 10. The summed E-state index contributed by atoms with van der Waals surface area (Å²) in [6.45, 7) is 0. The number of allylic oxidation sites excluding steroid dienone is 1. The predicted molar refractivity (Wildman–Crippen MR) is 289 cm³/mol. The monoisotopic (exact) mass is 882 g/mol. The molecule has 5 nitrogen and oxygen atoms in total. The summed E-state index contributed by atoms with van der Waals surface area (Å²) in [7, 11) is 0. The summed E-state index contributed by atoms with van der Waals surface area (Å²) >= 11 is 0. The molecule has 13 aromatic rings. The van der Waals surface area contributed by atoms with E-state index in [2.05, 4.69) is 234 Å². The smallest absolute Gasteiger partial charge is 0.160 e. The quantitative estimate of drug-likeness (QED) is 0.164. The van der Waals surface area contributed by atoms with Crippen molar-refractivity contribution in [1.82, 2.24) is 9.13 Å². The number of rotatable bonds is 6. The molecule has 3 aromatic heterocycles. The third-order valence-corrected chi connectivity index (χ3v) is 14.0. The number of aliphatic imine (C=N–C) groups is 2. The van der Waals surface area contributed by atoms with Crippen molar-refractivity contribution in [2.24, 2.45) is 9.98 Å². The van der Waals surface area contributed by atoms with E-state index in [0.29, 0.717) is 5.84 Å². The van der Waals surface area contributed by atoms with Crippen molar-refractivity contribution in [3.05, 3.63) is 247 Å². The molecule has 0 N–H and O–H groups in total. The molecule has 0 aliphatic carbocycles. The van der Waals surface area contributed by atoms with Crippen molar-refractivity contribution in [2.45, 2.75) is 12.8 Å². The molecule has 5 heteroatoms. The molecule has 1 aliphatic rings. The lowest BCUT2D eigenvalue weighted by atomic mass is 9.98. The van der Waals surface area contributed by atoms with E-state index in [1.165, 1.54) is 48.9 Å². The molecule has 0 saturated heterocycles. The Morgan fingerprint density at radius 1 is 0.406 bits per heavy atom. The predicted octanol–water partition coefficient (Wildman–Crippen LogP) is 16.7. The fraction of sp³-hybridized carbons (Fsp3) is 0.0312. The highest BCUT2D eigenvalue weighted by Crippen LogP contribution is 2.43. The van der Waals surface area contributed by atoms with E-state index in [0.717, 1.165) is 90.9 Å². The summed E-state index contributed by atoms with van der Waals surface area (Å²) in [5.74, 6) is 0.668. The Kier molecular flexibility index (Phi) is 8.96. The number of hydrogen-bond acceptors (Lipinski definition) is 3. The maximum absolute atomic E-state index is 6.99. The fourth-order valence-electron chi connectivity index (χ4n) is 10.8. The lowest BCUT2D eigenvalue weighted by molar-refractivity contribution is 0.666. The first kappa shape index (κ1) is 39.1. The Balaban J connectivity index is 0.963. The van der Waals surface area contributed by atoms with Gasteiger partial charge in [-0.05, 0) is 107 Å². The average molecular weight is 883 g/mol. The second-order valence-corrected chi connectivity index (χ2v) is 18.0. The van der Waals surface area contributed by atoms with Gasteiger partial charge in [-0.1, -0.05) is 164 Å². The Morgan fingerprint density at radius 3 is 1.78 bits per heavy atom. The SMILES string of the molecule is C1=C(c2ccc(-n3c4ccccc4c4cc5ccccc5cc43)c3oc4ccccc4c23)/N=C(c2ccc(-c3ccccc3)cc2)\N=C(\c2ccc3c(c2)c2ccccc2n3-c2ccccc2)CC\1. The van der Waals surface area contributed by atoms with Crippen LogP contribution in [-0.4, -0.2) is 20.7 Å². The highest BCUT2D eigenvalue weighted by atomic mass is 16.3. The molecule has 0 spiro atoms. The average Bonchev–Trinajstić information content (AvgIpc) is 4.06. The molecule has 0 fully saturated rings. The summed E-state index contributed by atoms with van der Waals surface area (Å²) in [4.78, 5) is 11.2. The van der Waals surface area contributed by atoms with Crippen molar-refractivity contribution >= 4 is 93.6 Å². The second-order valence-electron chi connectivity index (χ2n) is 18.0. The molecule has 0 atom stereocenters. The first-order valence-corrected chi connectivity index (χ1v) is 23.7. The minimum absolute atomic E-state index is 0.668. The topological polar surface area (TPSA) is 47.7 Å². The standard InChI is InChI=1S/C64H42N4O/c1-3-16-41(17-4-1)42-30-32-43(33-31-42)64-65-54(46-34-36-58-52(39-46)48-22-9-12-27-56(48)67(58)47-20-5-2-6-21-47)25-15-26-55(66-64)50-35-37-59(63-62(50)51-24-11-14-29-61(51)69-63)68-57-28-13-10-23-49(57)53-38-44-18-7-8-19-45(44)40-60(53)68/h1-14,16-24,26-40H,15,25H2/b55-26-,65-54+,66-64-. The molecule has 324 valence electrons. The van der Waals surface area contributed by atoms with Gasteiger partial charge < -0.3 is 13.6 Å². The largest absolute Gasteiger partial charge is 0.454 e. The van der Waals surface area contributed by atoms with Crippen LogP contribution in [0.1, 0.15) is 29.5 Å². The molecule has 0 amide bonds. The number of amidine groups is 1. The number of para-hydroxylation sites is 4. The zero-order valence-corrected chi connectivity index (χ0v) is 37.6. The van der Waals surface area contributed by atoms with Crippen LogP contribution in [0, 0.1) is 0 Å². The first-order chi connectivity index (χ1) is 34.2. The van der Waals surface area contributed by atoms with Gasteiger partial charge in [0.25, 0.3) is 0 Å². The Hall–Kier alpha value is -9.06. The van der Waals surface area contributed by atoms with Crippen molar-refractivity contribution in [2.75, 3.05) is 0 Å².